The zero-order valence-corrected chi connectivity index (χ0v) is 14.5. The van der Waals surface area contributed by atoms with Crippen LogP contribution in [0.15, 0.2) is 24.3 Å². The highest BCUT2D eigenvalue weighted by Gasteiger charge is 2.36. The van der Waals surface area contributed by atoms with Gasteiger partial charge in [-0.1, -0.05) is 24.3 Å². The van der Waals surface area contributed by atoms with Crippen molar-refractivity contribution in [3.8, 4) is 17.3 Å². The summed E-state index contributed by atoms with van der Waals surface area (Å²) in [5.74, 6) is -1.63. The largest absolute Gasteiger partial charge is 0.481 e. The predicted molar refractivity (Wildman–Crippen MR) is 102 cm³/mol. The number of hydrogen-bond acceptors (Lipinski definition) is 4. The van der Waals surface area contributed by atoms with Crippen molar-refractivity contribution >= 4 is 43.2 Å². The average Bonchev–Trinajstić information content (AvgIpc) is 2.90. The molecule has 3 N–H and O–H groups in total. The molecule has 0 saturated heterocycles. The quantitative estimate of drug-likeness (QED) is 0.778. The first-order chi connectivity index (χ1) is 11.9. The van der Waals surface area contributed by atoms with Crippen LogP contribution in [0, 0.1) is 11.3 Å². The van der Waals surface area contributed by atoms with Crippen LogP contribution in [0.3, 0.4) is 0 Å². The molecule has 0 saturated carbocycles. The molecule has 0 aliphatic carbocycles. The summed E-state index contributed by atoms with van der Waals surface area (Å²) in [7, 11) is 23.2. The van der Waals surface area contributed by atoms with Crippen LogP contribution in [0.1, 0.15) is 30.9 Å². The van der Waals surface area contributed by atoms with Gasteiger partial charge < -0.3 is 10.8 Å². The number of nitrogens with two attached hydrogens (primary N) is 1. The Hall–Kier alpha value is -2.55. The summed E-state index contributed by atoms with van der Waals surface area (Å²) < 4.78 is 1.12. The number of rotatable bonds is 5. The summed E-state index contributed by atoms with van der Waals surface area (Å²) in [6, 6.07) is 8.57. The minimum absolute atomic E-state index is 0.0267. The Bertz CT molecular complexity index is 879. The maximum absolute atomic E-state index is 11.1. The number of nitrogen functional groups attached to an aromatic ring is 1. The molecule has 0 spiro atoms. The van der Waals surface area contributed by atoms with Crippen molar-refractivity contribution in [1.29, 1.82) is 5.26 Å². The molecule has 0 aliphatic rings. The molecular formula is C16H14B4N4O2. The first kappa shape index (κ1) is 19.8. The van der Waals surface area contributed by atoms with Gasteiger partial charge in [-0.05, 0) is 19.4 Å². The van der Waals surface area contributed by atoms with Crippen LogP contribution in [0.5, 0.6) is 0 Å². The van der Waals surface area contributed by atoms with Gasteiger partial charge in [0.25, 0.3) is 0 Å². The van der Waals surface area contributed by atoms with Crippen molar-refractivity contribution < 1.29 is 9.90 Å². The molecule has 0 aliphatic heterocycles. The molecule has 2 atom stereocenters. The minimum atomic E-state index is -1.85. The molecule has 1 aromatic heterocycles. The molecule has 0 fully saturated rings. The third kappa shape index (κ3) is 3.26. The number of aliphatic carboxylic acids is 1. The van der Waals surface area contributed by atoms with Crippen molar-refractivity contribution in [2.75, 3.05) is 5.73 Å². The van der Waals surface area contributed by atoms with Gasteiger partial charge in [-0.2, -0.15) is 10.4 Å². The Morgan fingerprint density at radius 2 is 1.85 bits per heavy atom. The number of nitriles is 1. The number of carboxylic acid groups (broad SMARTS) is 1. The smallest absolute Gasteiger partial charge is 0.310 e. The molecular weight excluding hydrogens is 323 g/mol. The van der Waals surface area contributed by atoms with Gasteiger partial charge in [0, 0.05) is 11.0 Å². The minimum Gasteiger partial charge on any atom is -0.481 e. The molecule has 1 aromatic carbocycles. The molecule has 26 heavy (non-hydrogen) atoms. The van der Waals surface area contributed by atoms with Gasteiger partial charge in [0.15, 0.2) is 0 Å². The zero-order valence-electron chi connectivity index (χ0n) is 14.5. The molecule has 1 heterocycles. The lowest BCUT2D eigenvalue weighted by atomic mass is 9.31. The van der Waals surface area contributed by atoms with Gasteiger partial charge in [-0.3, -0.25) is 9.48 Å². The third-order valence-electron chi connectivity index (χ3n) is 4.40. The summed E-state index contributed by atoms with van der Waals surface area (Å²) in [5.41, 5.74) is 5.96. The van der Waals surface area contributed by atoms with Crippen LogP contribution < -0.4 is 5.73 Å². The van der Waals surface area contributed by atoms with Crippen molar-refractivity contribution in [3.05, 3.63) is 35.4 Å². The van der Waals surface area contributed by atoms with Crippen molar-refractivity contribution in [1.82, 2.24) is 9.78 Å². The number of anilines is 1. The lowest BCUT2D eigenvalue weighted by Gasteiger charge is -2.41. The van der Waals surface area contributed by atoms with Crippen LogP contribution in [-0.4, -0.2) is 52.2 Å². The van der Waals surface area contributed by atoms with Gasteiger partial charge in [0.2, 0.25) is 0 Å². The summed E-state index contributed by atoms with van der Waals surface area (Å²) in [4.78, 5) is 11.1. The van der Waals surface area contributed by atoms with Gasteiger partial charge in [-0.25, -0.2) is 0 Å². The fourth-order valence-corrected chi connectivity index (χ4v) is 2.35. The van der Waals surface area contributed by atoms with Crippen LogP contribution in [0.25, 0.3) is 11.3 Å². The normalized spacial score (nSPS) is 15.0. The topological polar surface area (TPSA) is 105 Å². The summed E-state index contributed by atoms with van der Waals surface area (Å²) in [6.07, 6.45) is 0. The van der Waals surface area contributed by atoms with E-state index in [0.29, 0.717) is 11.1 Å². The van der Waals surface area contributed by atoms with E-state index in [1.807, 2.05) is 6.07 Å². The lowest BCUT2D eigenvalue weighted by molar-refractivity contribution is -0.138. The number of carbonyl (C=O) groups is 1. The highest BCUT2D eigenvalue weighted by molar-refractivity contribution is 6.62. The van der Waals surface area contributed by atoms with E-state index in [2.05, 4.69) is 5.10 Å². The molecule has 2 aromatic rings. The van der Waals surface area contributed by atoms with E-state index in [0.717, 1.165) is 4.68 Å². The number of hydrogen-bond donors (Lipinski definition) is 2. The Morgan fingerprint density at radius 3 is 2.27 bits per heavy atom. The van der Waals surface area contributed by atoms with Gasteiger partial charge >= 0.3 is 5.97 Å². The van der Waals surface area contributed by atoms with Crippen molar-refractivity contribution in [2.24, 2.45) is 0 Å². The standard InChI is InChI=1S/C16H14B4N4O2/c1-8(14(25)26)9-3-5-10(6-4-9)12-11(7-21)13(22)24(23-12)15(2,17)16(18,19)20/h3-6,8H,22H2,1-2H3,(H,25,26). The van der Waals surface area contributed by atoms with Gasteiger partial charge in [-0.15, -0.1) is 5.11 Å². The monoisotopic (exact) mass is 338 g/mol. The van der Waals surface area contributed by atoms with Crippen LogP contribution in [-0.2, 0) is 10.2 Å². The zero-order chi connectivity index (χ0) is 19.9. The van der Waals surface area contributed by atoms with Crippen molar-refractivity contribution in [3.63, 3.8) is 0 Å². The van der Waals surface area contributed by atoms with E-state index in [-0.39, 0.29) is 17.1 Å². The fourth-order valence-electron chi connectivity index (χ4n) is 2.35. The maximum atomic E-state index is 11.1. The average molecular weight is 338 g/mol. The molecule has 2 unspecified atom stereocenters. The molecule has 8 radical (unpaired) electrons. The number of nitrogens with zero attached hydrogens (tertiary/aromatic N) is 3. The Morgan fingerprint density at radius 1 is 1.31 bits per heavy atom. The Kier molecular flexibility index (Phi) is 5.05. The van der Waals surface area contributed by atoms with E-state index < -0.39 is 22.4 Å². The van der Waals surface area contributed by atoms with Crippen molar-refractivity contribution in [2.45, 2.75) is 30.3 Å². The molecule has 10 heteroatoms. The SMILES string of the molecule is [B]C([B])([B])C([B])(C)n1nc(-c2ccc(C(C)C(=O)O)cc2)c(C#N)c1N. The molecule has 0 bridgehead atoms. The summed E-state index contributed by atoms with van der Waals surface area (Å²) in [5, 5.41) is 21.0. The third-order valence-corrected chi connectivity index (χ3v) is 4.40. The number of carboxylic acids is 1. The van der Waals surface area contributed by atoms with E-state index in [1.54, 1.807) is 31.2 Å². The number of aromatic nitrogens is 2. The van der Waals surface area contributed by atoms with E-state index in [9.17, 15) is 10.1 Å². The number of benzene rings is 1. The highest BCUT2D eigenvalue weighted by Crippen LogP contribution is 2.37. The van der Waals surface area contributed by atoms with Crippen LogP contribution in [0.4, 0.5) is 5.82 Å². The molecule has 6 nitrogen and oxygen atoms in total. The van der Waals surface area contributed by atoms with Gasteiger partial charge in [0.05, 0.1) is 29.5 Å². The van der Waals surface area contributed by atoms with Gasteiger partial charge in [0.1, 0.15) is 31.0 Å². The summed E-state index contributed by atoms with van der Waals surface area (Å²) in [6.45, 7) is 3.02. The van der Waals surface area contributed by atoms with Crippen LogP contribution in [0.2, 0.25) is 5.11 Å². The second kappa shape index (κ2) is 6.64. The molecule has 0 amide bonds. The molecule has 2 rings (SSSR count). The first-order valence-electron chi connectivity index (χ1n) is 7.69. The predicted octanol–water partition coefficient (Wildman–Crippen LogP) is 0.612. The van der Waals surface area contributed by atoms with E-state index >= 15 is 0 Å². The fraction of sp³-hybridized carbons (Fsp3) is 0.312. The molecule has 122 valence electrons. The second-order valence-corrected chi connectivity index (χ2v) is 6.39. The highest BCUT2D eigenvalue weighted by atomic mass is 16.4. The van der Waals surface area contributed by atoms with E-state index in [4.69, 9.17) is 42.2 Å². The second-order valence-electron chi connectivity index (χ2n) is 6.39. The lowest BCUT2D eigenvalue weighted by Crippen LogP contribution is -2.46. The first-order valence-corrected chi connectivity index (χ1v) is 7.69. The summed E-state index contributed by atoms with van der Waals surface area (Å²) >= 11 is 0. The Labute approximate surface area is 157 Å². The van der Waals surface area contributed by atoms with E-state index in [1.165, 1.54) is 6.92 Å². The maximum Gasteiger partial charge on any atom is 0.310 e. The Balaban J connectivity index is 2.57. The van der Waals surface area contributed by atoms with Crippen LogP contribution >= 0.6 is 0 Å².